The molecule has 0 fully saturated rings. The number of hydrogen-bond donors (Lipinski definition) is 1. The van der Waals surface area contributed by atoms with E-state index in [-0.39, 0.29) is 17.2 Å². The van der Waals surface area contributed by atoms with Crippen LogP contribution in [-0.2, 0) is 6.54 Å². The van der Waals surface area contributed by atoms with Crippen LogP contribution in [0.3, 0.4) is 0 Å². The van der Waals surface area contributed by atoms with Gasteiger partial charge in [-0.15, -0.1) is 0 Å². The molecule has 0 bridgehead atoms. The van der Waals surface area contributed by atoms with Gasteiger partial charge in [-0.05, 0) is 6.92 Å². The van der Waals surface area contributed by atoms with Gasteiger partial charge in [0.15, 0.2) is 0 Å². The van der Waals surface area contributed by atoms with Crippen molar-refractivity contribution in [1.29, 1.82) is 0 Å². The third kappa shape index (κ3) is 1.98. The number of aryl methyl sites for hydroxylation is 1. The number of nitrogens with zero attached hydrogens (tertiary/aromatic N) is 3. The van der Waals surface area contributed by atoms with Gasteiger partial charge in [0.25, 0.3) is 5.91 Å². The van der Waals surface area contributed by atoms with Crippen molar-refractivity contribution in [3.05, 3.63) is 17.5 Å². The molecule has 6 heteroatoms. The van der Waals surface area contributed by atoms with E-state index in [2.05, 4.69) is 5.10 Å². The summed E-state index contributed by atoms with van der Waals surface area (Å²) in [4.78, 5) is 23.9. The van der Waals surface area contributed by atoms with Gasteiger partial charge < -0.3 is 10.0 Å². The van der Waals surface area contributed by atoms with Gasteiger partial charge >= 0.3 is 5.97 Å². The first-order valence-corrected chi connectivity index (χ1v) is 4.49. The van der Waals surface area contributed by atoms with E-state index in [9.17, 15) is 9.59 Å². The van der Waals surface area contributed by atoms with E-state index in [0.717, 1.165) is 0 Å². The fraction of sp³-hybridized carbons (Fsp3) is 0.444. The molecule has 1 aromatic heterocycles. The standard InChI is InChI=1S/C9H13N3O3/c1-4-12-7(8(13)11(2)3)6(5-10-12)9(14)15/h5H,4H2,1-3H3,(H,14,15). The number of carbonyl (C=O) groups excluding carboxylic acids is 1. The SMILES string of the molecule is CCn1ncc(C(=O)O)c1C(=O)N(C)C. The van der Waals surface area contributed by atoms with Crippen molar-refractivity contribution in [2.75, 3.05) is 14.1 Å². The van der Waals surface area contributed by atoms with Crippen molar-refractivity contribution >= 4 is 11.9 Å². The molecule has 0 aliphatic carbocycles. The molecule has 1 heterocycles. The van der Waals surface area contributed by atoms with Crippen LogP contribution in [0.5, 0.6) is 0 Å². The lowest BCUT2D eigenvalue weighted by Crippen LogP contribution is -2.26. The average molecular weight is 211 g/mol. The highest BCUT2D eigenvalue weighted by atomic mass is 16.4. The Morgan fingerprint density at radius 3 is 2.53 bits per heavy atom. The molecule has 1 aromatic rings. The van der Waals surface area contributed by atoms with Crippen LogP contribution in [0.25, 0.3) is 0 Å². The van der Waals surface area contributed by atoms with Crippen molar-refractivity contribution in [2.24, 2.45) is 0 Å². The van der Waals surface area contributed by atoms with Crippen molar-refractivity contribution in [3.63, 3.8) is 0 Å². The number of aromatic carboxylic acids is 1. The van der Waals surface area contributed by atoms with Crippen LogP contribution in [0.1, 0.15) is 27.8 Å². The largest absolute Gasteiger partial charge is 0.478 e. The third-order valence-electron chi connectivity index (χ3n) is 1.98. The number of carbonyl (C=O) groups is 2. The zero-order valence-corrected chi connectivity index (χ0v) is 8.89. The molecular formula is C9H13N3O3. The van der Waals surface area contributed by atoms with Gasteiger partial charge in [0.1, 0.15) is 11.3 Å². The molecule has 0 saturated carbocycles. The van der Waals surface area contributed by atoms with Gasteiger partial charge in [-0.1, -0.05) is 0 Å². The molecule has 0 saturated heterocycles. The summed E-state index contributed by atoms with van der Waals surface area (Å²) in [7, 11) is 3.14. The van der Waals surface area contributed by atoms with Gasteiger partial charge in [0.2, 0.25) is 0 Å². The monoisotopic (exact) mass is 211 g/mol. The first-order valence-electron chi connectivity index (χ1n) is 4.49. The smallest absolute Gasteiger partial charge is 0.339 e. The molecule has 1 rings (SSSR count). The Labute approximate surface area is 87.1 Å². The number of amides is 1. The number of carboxylic acids is 1. The lowest BCUT2D eigenvalue weighted by molar-refractivity contribution is 0.0683. The van der Waals surface area contributed by atoms with E-state index in [1.54, 1.807) is 21.0 Å². The second-order valence-corrected chi connectivity index (χ2v) is 3.23. The molecule has 15 heavy (non-hydrogen) atoms. The van der Waals surface area contributed by atoms with Crippen molar-refractivity contribution in [3.8, 4) is 0 Å². The normalized spacial score (nSPS) is 10.1. The molecule has 0 aliphatic heterocycles. The summed E-state index contributed by atoms with van der Waals surface area (Å²) in [5.74, 6) is -1.49. The van der Waals surface area contributed by atoms with Gasteiger partial charge in [-0.3, -0.25) is 9.48 Å². The second-order valence-electron chi connectivity index (χ2n) is 3.23. The molecule has 0 spiro atoms. The van der Waals surface area contributed by atoms with E-state index in [1.165, 1.54) is 15.8 Å². The molecule has 0 atom stereocenters. The van der Waals surface area contributed by atoms with Gasteiger partial charge in [-0.25, -0.2) is 4.79 Å². The fourth-order valence-corrected chi connectivity index (χ4v) is 1.22. The zero-order valence-electron chi connectivity index (χ0n) is 8.89. The van der Waals surface area contributed by atoms with Crippen molar-refractivity contribution in [1.82, 2.24) is 14.7 Å². The Balaban J connectivity index is 3.28. The predicted octanol–water partition coefficient (Wildman–Crippen LogP) is 0.303. The summed E-state index contributed by atoms with van der Waals surface area (Å²) >= 11 is 0. The van der Waals surface area contributed by atoms with Crippen LogP contribution in [0.4, 0.5) is 0 Å². The first kappa shape index (κ1) is 11.2. The molecule has 0 unspecified atom stereocenters. The Kier molecular flexibility index (Phi) is 3.08. The minimum absolute atomic E-state index is 0.0597. The molecule has 0 aliphatic rings. The second kappa shape index (κ2) is 4.12. The number of carboxylic acid groups (broad SMARTS) is 1. The van der Waals surface area contributed by atoms with Crippen LogP contribution in [0, 0.1) is 0 Å². The Morgan fingerprint density at radius 2 is 2.13 bits per heavy atom. The van der Waals surface area contributed by atoms with Crippen LogP contribution < -0.4 is 0 Å². The summed E-state index contributed by atoms with van der Waals surface area (Å²) in [5.41, 5.74) is 0.0607. The Hall–Kier alpha value is -1.85. The number of hydrogen-bond acceptors (Lipinski definition) is 3. The van der Waals surface area contributed by atoms with E-state index in [1.807, 2.05) is 0 Å². The van der Waals surface area contributed by atoms with E-state index in [0.29, 0.717) is 6.54 Å². The third-order valence-corrected chi connectivity index (χ3v) is 1.98. The van der Waals surface area contributed by atoms with Crippen LogP contribution in [-0.4, -0.2) is 45.8 Å². The maximum Gasteiger partial charge on any atom is 0.339 e. The summed E-state index contributed by atoms with van der Waals surface area (Å²) < 4.78 is 1.38. The van der Waals surface area contributed by atoms with Crippen LogP contribution in [0.2, 0.25) is 0 Å². The first-order chi connectivity index (χ1) is 6.99. The molecule has 6 nitrogen and oxygen atoms in total. The van der Waals surface area contributed by atoms with Gasteiger partial charge in [-0.2, -0.15) is 5.10 Å². The number of aromatic nitrogens is 2. The minimum Gasteiger partial charge on any atom is -0.478 e. The molecule has 82 valence electrons. The van der Waals surface area contributed by atoms with Crippen LogP contribution >= 0.6 is 0 Å². The maximum atomic E-state index is 11.7. The summed E-state index contributed by atoms with van der Waals surface area (Å²) in [6, 6.07) is 0. The molecule has 1 N–H and O–H groups in total. The average Bonchev–Trinajstić information content (AvgIpc) is 2.59. The van der Waals surface area contributed by atoms with E-state index < -0.39 is 5.97 Å². The summed E-state index contributed by atoms with van der Waals surface area (Å²) in [5, 5.41) is 12.7. The van der Waals surface area contributed by atoms with Gasteiger partial charge in [0.05, 0.1) is 6.20 Å². The Morgan fingerprint density at radius 1 is 1.53 bits per heavy atom. The zero-order chi connectivity index (χ0) is 11.6. The summed E-state index contributed by atoms with van der Waals surface area (Å²) in [6.07, 6.45) is 1.20. The predicted molar refractivity (Wildman–Crippen MR) is 52.9 cm³/mol. The molecule has 0 radical (unpaired) electrons. The highest BCUT2D eigenvalue weighted by molar-refractivity contribution is 6.03. The Bertz CT molecular complexity index is 395. The highest BCUT2D eigenvalue weighted by Gasteiger charge is 2.23. The van der Waals surface area contributed by atoms with E-state index in [4.69, 9.17) is 5.11 Å². The van der Waals surface area contributed by atoms with E-state index >= 15 is 0 Å². The van der Waals surface area contributed by atoms with Crippen molar-refractivity contribution in [2.45, 2.75) is 13.5 Å². The molecular weight excluding hydrogens is 198 g/mol. The topological polar surface area (TPSA) is 75.4 Å². The minimum atomic E-state index is -1.14. The lowest BCUT2D eigenvalue weighted by atomic mass is 10.2. The molecule has 1 amide bonds. The van der Waals surface area contributed by atoms with Crippen molar-refractivity contribution < 1.29 is 14.7 Å². The quantitative estimate of drug-likeness (QED) is 0.780. The maximum absolute atomic E-state index is 11.7. The fourth-order valence-electron chi connectivity index (χ4n) is 1.22. The summed E-state index contributed by atoms with van der Waals surface area (Å²) in [6.45, 7) is 2.26. The van der Waals surface area contributed by atoms with Gasteiger partial charge in [0, 0.05) is 20.6 Å². The highest BCUT2D eigenvalue weighted by Crippen LogP contribution is 2.10. The van der Waals surface area contributed by atoms with Crippen LogP contribution in [0.15, 0.2) is 6.20 Å². The number of rotatable bonds is 3. The molecule has 0 aromatic carbocycles. The lowest BCUT2D eigenvalue weighted by Gasteiger charge is -2.11.